The normalized spacial score (nSPS) is 12.4. The fourth-order valence-corrected chi connectivity index (χ4v) is 0.192. The molecule has 0 spiro atoms. The van der Waals surface area contributed by atoms with Crippen molar-refractivity contribution in [1.29, 1.82) is 0 Å². The molecule has 52 valence electrons. The molecular formula is C5H13N4+. The highest BCUT2D eigenvalue weighted by atomic mass is 15.8. The Hall–Kier alpha value is -0.740. The van der Waals surface area contributed by atoms with Gasteiger partial charge in [0, 0.05) is 5.22 Å². The summed E-state index contributed by atoms with van der Waals surface area (Å²) in [6.07, 6.45) is 0. The van der Waals surface area contributed by atoms with E-state index >= 15 is 0 Å². The summed E-state index contributed by atoms with van der Waals surface area (Å²) in [7, 11) is 3.43. The number of nitrogens with zero attached hydrogens (tertiary/aromatic N) is 3. The van der Waals surface area contributed by atoms with Crippen LogP contribution in [0.25, 0.3) is 0 Å². The van der Waals surface area contributed by atoms with Crippen molar-refractivity contribution in [3.05, 3.63) is 12.3 Å². The predicted octanol–water partition coefficient (Wildman–Crippen LogP) is 0.837. The van der Waals surface area contributed by atoms with Crippen LogP contribution in [0, 0.1) is 0 Å². The van der Waals surface area contributed by atoms with E-state index in [0.717, 1.165) is 0 Å². The first-order valence-electron chi connectivity index (χ1n) is 2.63. The topological polar surface area (TPSA) is 50.7 Å². The lowest BCUT2D eigenvalue weighted by molar-refractivity contribution is -0.913. The molecule has 0 bridgehead atoms. The molecule has 0 amide bonds. The fourth-order valence-electron chi connectivity index (χ4n) is 0.192. The second-order valence-corrected chi connectivity index (χ2v) is 2.40. The summed E-state index contributed by atoms with van der Waals surface area (Å²) >= 11 is 0. The van der Waals surface area contributed by atoms with E-state index in [-0.39, 0.29) is 4.70 Å². The molecule has 0 saturated heterocycles. The van der Waals surface area contributed by atoms with Crippen LogP contribution < -0.4 is 5.84 Å². The highest BCUT2D eigenvalue weighted by Crippen LogP contribution is 1.93. The van der Waals surface area contributed by atoms with Gasteiger partial charge in [-0.1, -0.05) is 6.58 Å². The Morgan fingerprint density at radius 3 is 2.11 bits per heavy atom. The van der Waals surface area contributed by atoms with Gasteiger partial charge in [-0.05, 0) is 6.92 Å². The zero-order chi connectivity index (χ0) is 7.49. The molecule has 0 saturated carbocycles. The van der Waals surface area contributed by atoms with E-state index in [1.54, 1.807) is 21.0 Å². The van der Waals surface area contributed by atoms with E-state index in [1.807, 2.05) is 0 Å². The van der Waals surface area contributed by atoms with E-state index < -0.39 is 0 Å². The summed E-state index contributed by atoms with van der Waals surface area (Å²) in [6, 6.07) is 0. The molecule has 4 heteroatoms. The van der Waals surface area contributed by atoms with Crippen LogP contribution in [-0.4, -0.2) is 18.8 Å². The number of rotatable bonds is 2. The number of nitrogens with two attached hydrogens (primary N) is 1. The van der Waals surface area contributed by atoms with Gasteiger partial charge in [0.1, 0.15) is 14.1 Å². The van der Waals surface area contributed by atoms with Gasteiger partial charge >= 0.3 is 0 Å². The average molecular weight is 129 g/mol. The summed E-state index contributed by atoms with van der Waals surface area (Å²) in [6.45, 7) is 5.30. The van der Waals surface area contributed by atoms with Crippen molar-refractivity contribution in [2.24, 2.45) is 16.2 Å². The van der Waals surface area contributed by atoms with Crippen LogP contribution in [0.4, 0.5) is 0 Å². The second-order valence-electron chi connectivity index (χ2n) is 2.40. The zero-order valence-corrected chi connectivity index (χ0v) is 6.13. The Morgan fingerprint density at radius 1 is 1.56 bits per heavy atom. The maximum Gasteiger partial charge on any atom is 0.113 e. The van der Waals surface area contributed by atoms with Crippen LogP contribution in [0.3, 0.4) is 0 Å². The van der Waals surface area contributed by atoms with Crippen LogP contribution in [0.2, 0.25) is 0 Å². The zero-order valence-electron chi connectivity index (χ0n) is 6.13. The van der Waals surface area contributed by atoms with Gasteiger partial charge in [0.15, 0.2) is 0 Å². The van der Waals surface area contributed by atoms with Gasteiger partial charge in [-0.2, -0.15) is 5.84 Å². The van der Waals surface area contributed by atoms with Crippen LogP contribution in [0.15, 0.2) is 22.6 Å². The van der Waals surface area contributed by atoms with Gasteiger partial charge in [-0.15, -0.1) is 9.82 Å². The quantitative estimate of drug-likeness (QED) is 0.255. The fraction of sp³-hybridized carbons (Fsp3) is 0.600. The van der Waals surface area contributed by atoms with Crippen LogP contribution in [0.5, 0.6) is 0 Å². The van der Waals surface area contributed by atoms with Gasteiger partial charge in [0.2, 0.25) is 0 Å². The monoisotopic (exact) mass is 129 g/mol. The molecule has 2 N–H and O–H groups in total. The maximum absolute atomic E-state index is 5.42. The van der Waals surface area contributed by atoms with Crippen LogP contribution in [-0.2, 0) is 0 Å². The van der Waals surface area contributed by atoms with Crippen molar-refractivity contribution in [2.75, 3.05) is 14.1 Å². The Labute approximate surface area is 55.2 Å². The minimum atomic E-state index is -0.00708. The lowest BCUT2D eigenvalue weighted by Gasteiger charge is -2.10. The van der Waals surface area contributed by atoms with Crippen LogP contribution in [0.1, 0.15) is 6.92 Å². The largest absolute Gasteiger partial charge is 0.153 e. The lowest BCUT2D eigenvalue weighted by atomic mass is 10.6. The summed E-state index contributed by atoms with van der Waals surface area (Å²) in [5.74, 6) is 5.42. The summed E-state index contributed by atoms with van der Waals surface area (Å²) in [4.78, 5) is 0. The van der Waals surface area contributed by atoms with Gasteiger partial charge in [-0.25, -0.2) is 0 Å². The molecule has 0 aromatic rings. The lowest BCUT2D eigenvalue weighted by Crippen LogP contribution is -2.40. The molecule has 0 radical (unpaired) electrons. The van der Waals surface area contributed by atoms with Crippen molar-refractivity contribution in [2.45, 2.75) is 6.92 Å². The first kappa shape index (κ1) is 8.26. The molecule has 0 aromatic heterocycles. The molecule has 0 aliphatic heterocycles. The number of hydrogen-bond acceptors (Lipinski definition) is 3. The van der Waals surface area contributed by atoms with Crippen molar-refractivity contribution in [3.63, 3.8) is 0 Å². The number of allylic oxidation sites excluding steroid dienone is 1. The van der Waals surface area contributed by atoms with Gasteiger partial charge in [0.05, 0.1) is 5.70 Å². The molecule has 0 rings (SSSR count). The minimum Gasteiger partial charge on any atom is -0.153 e. The SMILES string of the molecule is C=C(C)N=N[N+](C)(C)N. The first-order chi connectivity index (χ1) is 3.92. The predicted molar refractivity (Wildman–Crippen MR) is 36.0 cm³/mol. The Balaban J connectivity index is 3.86. The minimum absolute atomic E-state index is 0.00708. The van der Waals surface area contributed by atoms with Crippen molar-refractivity contribution < 1.29 is 4.70 Å². The Kier molecular flexibility index (Phi) is 2.48. The van der Waals surface area contributed by atoms with Crippen LogP contribution >= 0.6 is 0 Å². The molecule has 0 aliphatic carbocycles. The van der Waals surface area contributed by atoms with Crippen molar-refractivity contribution >= 4 is 0 Å². The summed E-state index contributed by atoms with van der Waals surface area (Å²) in [5, 5.41) is 7.37. The number of hydrogen-bond donors (Lipinski definition) is 1. The third-order valence-electron chi connectivity index (χ3n) is 0.446. The molecule has 0 fully saturated rings. The van der Waals surface area contributed by atoms with Crippen molar-refractivity contribution in [3.8, 4) is 0 Å². The Morgan fingerprint density at radius 2 is 2.00 bits per heavy atom. The van der Waals surface area contributed by atoms with E-state index in [0.29, 0.717) is 5.70 Å². The summed E-state index contributed by atoms with van der Waals surface area (Å²) < 4.78 is -0.00708. The summed E-state index contributed by atoms with van der Waals surface area (Å²) in [5.41, 5.74) is 0.659. The maximum atomic E-state index is 5.42. The van der Waals surface area contributed by atoms with E-state index in [2.05, 4.69) is 16.9 Å². The van der Waals surface area contributed by atoms with Crippen molar-refractivity contribution in [1.82, 2.24) is 0 Å². The second kappa shape index (κ2) is 2.70. The Bertz CT molecular complexity index is 130. The van der Waals surface area contributed by atoms with E-state index in [4.69, 9.17) is 5.84 Å². The molecule has 9 heavy (non-hydrogen) atoms. The highest BCUT2D eigenvalue weighted by Gasteiger charge is 2.03. The molecule has 0 aromatic carbocycles. The number of quaternary nitrogens is 1. The average Bonchev–Trinajstić information content (AvgIpc) is 1.59. The molecule has 4 nitrogen and oxygen atoms in total. The smallest absolute Gasteiger partial charge is 0.113 e. The van der Waals surface area contributed by atoms with E-state index in [1.165, 1.54) is 0 Å². The first-order valence-corrected chi connectivity index (χ1v) is 2.63. The molecule has 0 heterocycles. The third kappa shape index (κ3) is 7.26. The van der Waals surface area contributed by atoms with Gasteiger partial charge in [-0.3, -0.25) is 0 Å². The molecule has 0 unspecified atom stereocenters. The van der Waals surface area contributed by atoms with Gasteiger partial charge < -0.3 is 0 Å². The molecule has 0 aliphatic rings. The van der Waals surface area contributed by atoms with Gasteiger partial charge in [0.25, 0.3) is 0 Å². The standard InChI is InChI=1S/C5H13N4/c1-5(2)7-8-9(3,4)6/h1,6H2,2-4H3/q+1. The third-order valence-corrected chi connectivity index (χ3v) is 0.446. The molecule has 0 atom stereocenters. The van der Waals surface area contributed by atoms with E-state index in [9.17, 15) is 0 Å². The molecular weight excluding hydrogens is 116 g/mol. The highest BCUT2D eigenvalue weighted by molar-refractivity contribution is 4.81.